The second-order valence-corrected chi connectivity index (χ2v) is 3.79. The van der Waals surface area contributed by atoms with Crippen LogP contribution in [0.15, 0.2) is 0 Å². The Morgan fingerprint density at radius 2 is 1.86 bits per heavy atom. The lowest BCUT2D eigenvalue weighted by atomic mass is 10.2. The summed E-state index contributed by atoms with van der Waals surface area (Å²) in [4.78, 5) is 0. The first-order chi connectivity index (χ1) is 6.95. The SMILES string of the molecule is C1CCC(OC2CNCCCO2)OC1. The van der Waals surface area contributed by atoms with Gasteiger partial charge in [-0.15, -0.1) is 0 Å². The van der Waals surface area contributed by atoms with Crippen molar-refractivity contribution in [3.63, 3.8) is 0 Å². The molecule has 4 heteroatoms. The molecule has 0 saturated carbocycles. The molecule has 2 rings (SSSR count). The van der Waals surface area contributed by atoms with Gasteiger partial charge >= 0.3 is 0 Å². The van der Waals surface area contributed by atoms with Gasteiger partial charge in [0.15, 0.2) is 12.6 Å². The molecule has 2 saturated heterocycles. The number of rotatable bonds is 2. The zero-order valence-electron chi connectivity index (χ0n) is 8.54. The maximum atomic E-state index is 5.71. The predicted molar refractivity (Wildman–Crippen MR) is 51.9 cm³/mol. The van der Waals surface area contributed by atoms with E-state index in [0.29, 0.717) is 0 Å². The normalized spacial score (nSPS) is 35.1. The number of hydrogen-bond donors (Lipinski definition) is 1. The Labute approximate surface area is 84.9 Å². The van der Waals surface area contributed by atoms with Gasteiger partial charge in [0, 0.05) is 13.2 Å². The summed E-state index contributed by atoms with van der Waals surface area (Å²) in [5.41, 5.74) is 0. The summed E-state index contributed by atoms with van der Waals surface area (Å²) < 4.78 is 16.7. The molecule has 2 atom stereocenters. The molecule has 0 bridgehead atoms. The molecule has 0 aromatic rings. The van der Waals surface area contributed by atoms with Gasteiger partial charge in [-0.3, -0.25) is 0 Å². The molecule has 14 heavy (non-hydrogen) atoms. The Bertz CT molecular complexity index is 151. The van der Waals surface area contributed by atoms with Crippen LogP contribution in [-0.4, -0.2) is 38.9 Å². The summed E-state index contributed by atoms with van der Waals surface area (Å²) in [6.07, 6.45) is 4.24. The fourth-order valence-corrected chi connectivity index (χ4v) is 1.77. The van der Waals surface area contributed by atoms with Crippen molar-refractivity contribution in [3.05, 3.63) is 0 Å². The highest BCUT2D eigenvalue weighted by Crippen LogP contribution is 2.16. The van der Waals surface area contributed by atoms with E-state index in [0.717, 1.165) is 45.6 Å². The number of hydrogen-bond acceptors (Lipinski definition) is 4. The van der Waals surface area contributed by atoms with E-state index in [1.807, 2.05) is 0 Å². The van der Waals surface area contributed by atoms with Crippen LogP contribution >= 0.6 is 0 Å². The largest absolute Gasteiger partial charge is 0.353 e. The average molecular weight is 201 g/mol. The smallest absolute Gasteiger partial charge is 0.173 e. The van der Waals surface area contributed by atoms with Crippen LogP contribution in [0.4, 0.5) is 0 Å². The van der Waals surface area contributed by atoms with Gasteiger partial charge in [0.2, 0.25) is 0 Å². The van der Waals surface area contributed by atoms with Crippen LogP contribution in [0.25, 0.3) is 0 Å². The van der Waals surface area contributed by atoms with Crippen molar-refractivity contribution in [2.24, 2.45) is 0 Å². The third-order valence-corrected chi connectivity index (χ3v) is 2.55. The van der Waals surface area contributed by atoms with Crippen molar-refractivity contribution >= 4 is 0 Å². The van der Waals surface area contributed by atoms with E-state index in [9.17, 15) is 0 Å². The van der Waals surface area contributed by atoms with Gasteiger partial charge in [0.05, 0.1) is 6.61 Å². The van der Waals surface area contributed by atoms with Gasteiger partial charge in [-0.2, -0.15) is 0 Å². The fraction of sp³-hybridized carbons (Fsp3) is 1.00. The second kappa shape index (κ2) is 5.66. The molecular weight excluding hydrogens is 182 g/mol. The van der Waals surface area contributed by atoms with E-state index >= 15 is 0 Å². The number of nitrogens with one attached hydrogen (secondary N) is 1. The summed E-state index contributed by atoms with van der Waals surface area (Å²) in [6, 6.07) is 0. The first kappa shape index (κ1) is 10.4. The third kappa shape index (κ3) is 3.20. The first-order valence-corrected chi connectivity index (χ1v) is 5.54. The monoisotopic (exact) mass is 201 g/mol. The van der Waals surface area contributed by atoms with Crippen LogP contribution in [-0.2, 0) is 14.2 Å². The molecule has 82 valence electrons. The highest BCUT2D eigenvalue weighted by atomic mass is 16.8. The minimum absolute atomic E-state index is 0.0475. The molecule has 2 aliphatic heterocycles. The van der Waals surface area contributed by atoms with Gasteiger partial charge in [-0.05, 0) is 32.2 Å². The van der Waals surface area contributed by atoms with E-state index in [-0.39, 0.29) is 12.6 Å². The van der Waals surface area contributed by atoms with E-state index in [1.54, 1.807) is 0 Å². The minimum Gasteiger partial charge on any atom is -0.353 e. The molecular formula is C10H19NO3. The van der Waals surface area contributed by atoms with Crippen molar-refractivity contribution in [2.45, 2.75) is 38.3 Å². The molecule has 2 aliphatic rings. The van der Waals surface area contributed by atoms with Crippen molar-refractivity contribution in [1.29, 1.82) is 0 Å². The highest BCUT2D eigenvalue weighted by Gasteiger charge is 2.20. The van der Waals surface area contributed by atoms with Crippen LogP contribution in [0.2, 0.25) is 0 Å². The molecule has 0 spiro atoms. The molecule has 0 aromatic heterocycles. The van der Waals surface area contributed by atoms with Crippen LogP contribution in [0, 0.1) is 0 Å². The fourth-order valence-electron chi connectivity index (χ4n) is 1.77. The van der Waals surface area contributed by atoms with Crippen LogP contribution in [0.1, 0.15) is 25.7 Å². The molecule has 1 N–H and O–H groups in total. The Kier molecular flexibility index (Phi) is 4.19. The van der Waals surface area contributed by atoms with Crippen molar-refractivity contribution in [2.75, 3.05) is 26.3 Å². The predicted octanol–water partition coefficient (Wildman–Crippen LogP) is 0.866. The molecule has 0 radical (unpaired) electrons. The lowest BCUT2D eigenvalue weighted by Gasteiger charge is -2.26. The summed E-state index contributed by atoms with van der Waals surface area (Å²) in [6.45, 7) is 3.40. The zero-order valence-corrected chi connectivity index (χ0v) is 8.54. The van der Waals surface area contributed by atoms with Crippen LogP contribution < -0.4 is 5.32 Å². The van der Waals surface area contributed by atoms with Gasteiger partial charge in [-0.25, -0.2) is 0 Å². The van der Waals surface area contributed by atoms with Gasteiger partial charge in [-0.1, -0.05) is 0 Å². The molecule has 2 unspecified atom stereocenters. The molecule has 0 aromatic carbocycles. The Morgan fingerprint density at radius 1 is 1.00 bits per heavy atom. The summed E-state index contributed by atoms with van der Waals surface area (Å²) in [5, 5.41) is 3.28. The third-order valence-electron chi connectivity index (χ3n) is 2.55. The van der Waals surface area contributed by atoms with Crippen LogP contribution in [0.5, 0.6) is 0 Å². The maximum absolute atomic E-state index is 5.71. The Hall–Kier alpha value is -0.160. The quantitative estimate of drug-likeness (QED) is 0.719. The summed E-state index contributed by atoms with van der Waals surface area (Å²) >= 11 is 0. The van der Waals surface area contributed by atoms with Gasteiger partial charge < -0.3 is 19.5 Å². The molecule has 2 heterocycles. The van der Waals surface area contributed by atoms with E-state index in [1.165, 1.54) is 6.42 Å². The van der Waals surface area contributed by atoms with Gasteiger partial charge in [0.1, 0.15) is 0 Å². The lowest BCUT2D eigenvalue weighted by molar-refractivity contribution is -0.250. The van der Waals surface area contributed by atoms with Crippen LogP contribution in [0.3, 0.4) is 0 Å². The average Bonchev–Trinajstić information content (AvgIpc) is 2.48. The van der Waals surface area contributed by atoms with E-state index < -0.39 is 0 Å². The molecule has 2 fully saturated rings. The van der Waals surface area contributed by atoms with Crippen molar-refractivity contribution in [1.82, 2.24) is 5.32 Å². The van der Waals surface area contributed by atoms with Crippen molar-refractivity contribution < 1.29 is 14.2 Å². The minimum atomic E-state index is -0.124. The molecule has 4 nitrogen and oxygen atoms in total. The zero-order chi connectivity index (χ0) is 9.64. The first-order valence-electron chi connectivity index (χ1n) is 5.54. The number of ether oxygens (including phenoxy) is 3. The van der Waals surface area contributed by atoms with E-state index in [2.05, 4.69) is 5.32 Å². The molecule has 0 aliphatic carbocycles. The second-order valence-electron chi connectivity index (χ2n) is 3.79. The van der Waals surface area contributed by atoms with E-state index in [4.69, 9.17) is 14.2 Å². The molecule has 0 amide bonds. The van der Waals surface area contributed by atoms with Gasteiger partial charge in [0.25, 0.3) is 0 Å². The topological polar surface area (TPSA) is 39.7 Å². The maximum Gasteiger partial charge on any atom is 0.173 e. The lowest BCUT2D eigenvalue weighted by Crippen LogP contribution is -2.34. The Balaban J connectivity index is 1.71. The standard InChI is InChI=1S/C10H19NO3/c1-2-6-12-9(4-1)14-10-8-11-5-3-7-13-10/h9-11H,1-8H2. The summed E-state index contributed by atoms with van der Waals surface area (Å²) in [7, 11) is 0. The Morgan fingerprint density at radius 3 is 2.71 bits per heavy atom. The summed E-state index contributed by atoms with van der Waals surface area (Å²) in [5.74, 6) is 0. The van der Waals surface area contributed by atoms with Crippen molar-refractivity contribution in [3.8, 4) is 0 Å². The highest BCUT2D eigenvalue weighted by molar-refractivity contribution is 4.60.